The summed E-state index contributed by atoms with van der Waals surface area (Å²) in [7, 11) is 1.35. The summed E-state index contributed by atoms with van der Waals surface area (Å²) in [6, 6.07) is -0.137. The molecule has 0 aromatic rings. The van der Waals surface area contributed by atoms with Crippen LogP contribution in [0.1, 0.15) is 6.42 Å². The molecule has 0 aromatic carbocycles. The molecule has 0 saturated carbocycles. The van der Waals surface area contributed by atoms with Crippen molar-refractivity contribution in [1.82, 2.24) is 4.72 Å². The standard InChI is InChI=1S/C4H8ClNO3S/c5-10(7,8)6-4-1-2-9-3-4/h4,6H,1-3H2. The van der Waals surface area contributed by atoms with Gasteiger partial charge in [-0.25, -0.2) is 0 Å². The fraction of sp³-hybridized carbons (Fsp3) is 1.00. The van der Waals surface area contributed by atoms with Crippen LogP contribution < -0.4 is 4.72 Å². The third-order valence-corrected chi connectivity index (χ3v) is 2.12. The molecule has 0 bridgehead atoms. The van der Waals surface area contributed by atoms with Crippen LogP contribution in [0.3, 0.4) is 0 Å². The van der Waals surface area contributed by atoms with Gasteiger partial charge in [0.2, 0.25) is 0 Å². The van der Waals surface area contributed by atoms with E-state index in [-0.39, 0.29) is 6.04 Å². The molecule has 0 aliphatic carbocycles. The molecule has 10 heavy (non-hydrogen) atoms. The van der Waals surface area contributed by atoms with Gasteiger partial charge in [0.15, 0.2) is 0 Å². The Kier molecular flexibility index (Phi) is 2.51. The van der Waals surface area contributed by atoms with E-state index in [1.54, 1.807) is 0 Å². The van der Waals surface area contributed by atoms with E-state index in [9.17, 15) is 8.42 Å². The monoisotopic (exact) mass is 185 g/mol. The predicted molar refractivity (Wildman–Crippen MR) is 37.1 cm³/mol. The van der Waals surface area contributed by atoms with Crippen molar-refractivity contribution in [2.75, 3.05) is 13.2 Å². The third kappa shape index (κ3) is 2.83. The van der Waals surface area contributed by atoms with E-state index in [0.29, 0.717) is 19.6 Å². The summed E-state index contributed by atoms with van der Waals surface area (Å²) in [6.07, 6.45) is 0.700. The molecule has 1 aliphatic rings. The molecule has 60 valence electrons. The van der Waals surface area contributed by atoms with Crippen LogP contribution in [0.5, 0.6) is 0 Å². The molecule has 0 spiro atoms. The molecule has 1 atom stereocenters. The Hall–Kier alpha value is 0.160. The lowest BCUT2D eigenvalue weighted by Crippen LogP contribution is -2.31. The number of nitrogens with one attached hydrogen (secondary N) is 1. The summed E-state index contributed by atoms with van der Waals surface area (Å²) in [5, 5.41) is 0. The lowest BCUT2D eigenvalue weighted by molar-refractivity contribution is 0.192. The highest BCUT2D eigenvalue weighted by molar-refractivity contribution is 8.12. The maximum atomic E-state index is 10.4. The van der Waals surface area contributed by atoms with Gasteiger partial charge < -0.3 is 4.74 Å². The number of ether oxygens (including phenoxy) is 1. The molecule has 6 heteroatoms. The fourth-order valence-corrected chi connectivity index (χ4v) is 1.79. The van der Waals surface area contributed by atoms with Gasteiger partial charge in [-0.3, -0.25) is 0 Å². The predicted octanol–water partition coefficient (Wildman–Crippen LogP) is -0.151. The van der Waals surface area contributed by atoms with Crippen LogP contribution in [-0.2, 0) is 14.0 Å². The molecule has 1 heterocycles. The molecule has 0 radical (unpaired) electrons. The molecule has 4 nitrogen and oxygen atoms in total. The molecule has 1 N–H and O–H groups in total. The topological polar surface area (TPSA) is 55.4 Å². The first kappa shape index (κ1) is 8.26. The van der Waals surface area contributed by atoms with E-state index in [1.807, 2.05) is 0 Å². The van der Waals surface area contributed by atoms with Gasteiger partial charge in [-0.1, -0.05) is 0 Å². The second kappa shape index (κ2) is 3.04. The van der Waals surface area contributed by atoms with E-state index >= 15 is 0 Å². The molecule has 1 rings (SSSR count). The van der Waals surface area contributed by atoms with Gasteiger partial charge >= 0.3 is 0 Å². The first-order valence-electron chi connectivity index (χ1n) is 2.87. The molecule has 1 unspecified atom stereocenters. The van der Waals surface area contributed by atoms with E-state index < -0.39 is 9.24 Å². The first-order valence-corrected chi connectivity index (χ1v) is 5.18. The maximum Gasteiger partial charge on any atom is 0.297 e. The Balaban J connectivity index is 2.38. The molecular weight excluding hydrogens is 178 g/mol. The zero-order valence-corrected chi connectivity index (χ0v) is 6.78. The third-order valence-electron chi connectivity index (χ3n) is 1.24. The van der Waals surface area contributed by atoms with Crippen molar-refractivity contribution < 1.29 is 13.2 Å². The van der Waals surface area contributed by atoms with Gasteiger partial charge in [0, 0.05) is 23.3 Å². The quantitative estimate of drug-likeness (QED) is 0.609. The van der Waals surface area contributed by atoms with Crippen molar-refractivity contribution in [2.45, 2.75) is 12.5 Å². The molecule has 1 fully saturated rings. The van der Waals surface area contributed by atoms with E-state index in [4.69, 9.17) is 15.4 Å². The van der Waals surface area contributed by atoms with Gasteiger partial charge in [-0.15, -0.1) is 0 Å². The summed E-state index contributed by atoms with van der Waals surface area (Å²) in [5.41, 5.74) is 0. The average molecular weight is 186 g/mol. The Morgan fingerprint density at radius 2 is 2.30 bits per heavy atom. The minimum atomic E-state index is -3.57. The van der Waals surface area contributed by atoms with Crippen molar-refractivity contribution in [3.63, 3.8) is 0 Å². The summed E-state index contributed by atoms with van der Waals surface area (Å²) < 4.78 is 27.9. The number of hydrogen-bond donors (Lipinski definition) is 1. The smallest absolute Gasteiger partial charge is 0.297 e. The SMILES string of the molecule is O=S(=O)(Cl)NC1CCOC1. The van der Waals surface area contributed by atoms with Crippen molar-refractivity contribution in [2.24, 2.45) is 0 Å². The normalized spacial score (nSPS) is 27.1. The van der Waals surface area contributed by atoms with Crippen molar-refractivity contribution in [1.29, 1.82) is 0 Å². The fourth-order valence-electron chi connectivity index (χ4n) is 0.827. The zero-order valence-electron chi connectivity index (χ0n) is 5.21. The van der Waals surface area contributed by atoms with Crippen molar-refractivity contribution in [3.05, 3.63) is 0 Å². The molecular formula is C4H8ClNO3S. The van der Waals surface area contributed by atoms with E-state index in [0.717, 1.165) is 0 Å². The Labute approximate surface area is 64.1 Å². The van der Waals surface area contributed by atoms with Gasteiger partial charge in [0.25, 0.3) is 9.24 Å². The number of hydrogen-bond acceptors (Lipinski definition) is 3. The van der Waals surface area contributed by atoms with Crippen LogP contribution in [0.2, 0.25) is 0 Å². The van der Waals surface area contributed by atoms with Gasteiger partial charge in [-0.2, -0.15) is 13.1 Å². The summed E-state index contributed by atoms with van der Waals surface area (Å²) in [5.74, 6) is 0. The Morgan fingerprint density at radius 3 is 2.70 bits per heavy atom. The lowest BCUT2D eigenvalue weighted by Gasteiger charge is -2.04. The highest BCUT2D eigenvalue weighted by Crippen LogP contribution is 2.05. The minimum absolute atomic E-state index is 0.137. The summed E-state index contributed by atoms with van der Waals surface area (Å²) in [4.78, 5) is 0. The van der Waals surface area contributed by atoms with Gasteiger partial charge in [0.1, 0.15) is 0 Å². The van der Waals surface area contributed by atoms with Crippen LogP contribution in [0.25, 0.3) is 0 Å². The second-order valence-electron chi connectivity index (χ2n) is 2.12. The minimum Gasteiger partial charge on any atom is -0.380 e. The van der Waals surface area contributed by atoms with Crippen molar-refractivity contribution in [3.8, 4) is 0 Å². The summed E-state index contributed by atoms with van der Waals surface area (Å²) in [6.45, 7) is 1.02. The molecule has 1 saturated heterocycles. The Bertz CT molecular complexity index is 197. The zero-order chi connectivity index (χ0) is 7.61. The molecule has 0 amide bonds. The second-order valence-corrected chi connectivity index (χ2v) is 4.45. The average Bonchev–Trinajstić information content (AvgIpc) is 2.12. The largest absolute Gasteiger partial charge is 0.380 e. The maximum absolute atomic E-state index is 10.4. The van der Waals surface area contributed by atoms with Crippen LogP contribution >= 0.6 is 10.7 Å². The van der Waals surface area contributed by atoms with Gasteiger partial charge in [0.05, 0.1) is 6.61 Å². The first-order chi connectivity index (χ1) is 4.58. The van der Waals surface area contributed by atoms with Crippen LogP contribution in [0.4, 0.5) is 0 Å². The van der Waals surface area contributed by atoms with Gasteiger partial charge in [-0.05, 0) is 6.42 Å². The van der Waals surface area contributed by atoms with Crippen LogP contribution in [0.15, 0.2) is 0 Å². The van der Waals surface area contributed by atoms with E-state index in [1.165, 1.54) is 0 Å². The highest BCUT2D eigenvalue weighted by Gasteiger charge is 2.19. The Morgan fingerprint density at radius 1 is 1.60 bits per heavy atom. The van der Waals surface area contributed by atoms with Crippen molar-refractivity contribution >= 4 is 19.9 Å². The molecule has 1 aliphatic heterocycles. The summed E-state index contributed by atoms with van der Waals surface area (Å²) >= 11 is 0. The lowest BCUT2D eigenvalue weighted by atomic mass is 10.3. The molecule has 0 aromatic heterocycles. The number of rotatable bonds is 2. The van der Waals surface area contributed by atoms with Crippen LogP contribution in [-0.4, -0.2) is 27.7 Å². The van der Waals surface area contributed by atoms with Crippen LogP contribution in [0, 0.1) is 0 Å². The van der Waals surface area contributed by atoms with E-state index in [2.05, 4.69) is 4.72 Å². The highest BCUT2D eigenvalue weighted by atomic mass is 35.7. The number of halogens is 1.